The fourth-order valence-electron chi connectivity index (χ4n) is 3.72. The molecule has 8 heteroatoms. The molecule has 1 N–H and O–H groups in total. The van der Waals surface area contributed by atoms with Gasteiger partial charge in [0.1, 0.15) is 22.8 Å². The maximum Gasteiger partial charge on any atom is 0.263 e. The van der Waals surface area contributed by atoms with Crippen molar-refractivity contribution in [2.24, 2.45) is 0 Å². The standard InChI is InChI=1S/C22H27N5O3/c1-15-20-21(27-12-4-3-5-13-27)24-18(25-22(20)30-26-15)10-11-19(28)23-14-16-6-8-17(29-2)9-7-16/h6-9H,3-5,10-14H2,1-2H3,(H,23,28). The Morgan fingerprint density at radius 1 is 1.17 bits per heavy atom. The normalized spacial score (nSPS) is 14.1. The highest BCUT2D eigenvalue weighted by molar-refractivity contribution is 5.88. The van der Waals surface area contributed by atoms with Crippen molar-refractivity contribution in [3.8, 4) is 5.75 Å². The lowest BCUT2D eigenvalue weighted by atomic mass is 10.1. The molecule has 1 saturated heterocycles. The van der Waals surface area contributed by atoms with Crippen LogP contribution in [0, 0.1) is 6.92 Å². The lowest BCUT2D eigenvalue weighted by Crippen LogP contribution is -2.30. The van der Waals surface area contributed by atoms with Crippen molar-refractivity contribution in [3.05, 3.63) is 41.3 Å². The van der Waals surface area contributed by atoms with E-state index in [1.165, 1.54) is 6.42 Å². The van der Waals surface area contributed by atoms with Gasteiger partial charge in [-0.25, -0.2) is 4.98 Å². The molecule has 4 rings (SSSR count). The molecular formula is C22H27N5O3. The van der Waals surface area contributed by atoms with Gasteiger partial charge in [0.05, 0.1) is 12.8 Å². The quantitative estimate of drug-likeness (QED) is 0.640. The topological polar surface area (TPSA) is 93.4 Å². The highest BCUT2D eigenvalue weighted by Gasteiger charge is 2.21. The van der Waals surface area contributed by atoms with E-state index in [0.29, 0.717) is 30.9 Å². The second-order valence-electron chi connectivity index (χ2n) is 7.58. The third-order valence-corrected chi connectivity index (χ3v) is 5.41. The molecule has 1 aromatic carbocycles. The minimum Gasteiger partial charge on any atom is -0.497 e. The Kier molecular flexibility index (Phi) is 6.11. The summed E-state index contributed by atoms with van der Waals surface area (Å²) in [5, 5.41) is 7.89. The summed E-state index contributed by atoms with van der Waals surface area (Å²) in [7, 11) is 1.63. The average Bonchev–Trinajstić information content (AvgIpc) is 3.17. The summed E-state index contributed by atoms with van der Waals surface area (Å²) in [6, 6.07) is 7.64. The number of fused-ring (bicyclic) bond motifs is 1. The van der Waals surface area contributed by atoms with Gasteiger partial charge in [0.2, 0.25) is 5.91 Å². The number of hydrogen-bond donors (Lipinski definition) is 1. The number of ether oxygens (including phenoxy) is 1. The van der Waals surface area contributed by atoms with Crippen molar-refractivity contribution in [2.45, 2.75) is 45.6 Å². The number of methoxy groups -OCH3 is 1. The molecule has 1 aliphatic heterocycles. The van der Waals surface area contributed by atoms with Crippen LogP contribution in [0.3, 0.4) is 0 Å². The van der Waals surface area contributed by atoms with Gasteiger partial charge < -0.3 is 19.5 Å². The Bertz CT molecular complexity index is 1010. The van der Waals surface area contributed by atoms with Crippen LogP contribution in [0.4, 0.5) is 5.82 Å². The second-order valence-corrected chi connectivity index (χ2v) is 7.58. The van der Waals surface area contributed by atoms with Gasteiger partial charge in [-0.1, -0.05) is 17.3 Å². The molecule has 0 spiro atoms. The Morgan fingerprint density at radius 3 is 2.67 bits per heavy atom. The predicted molar refractivity (Wildman–Crippen MR) is 114 cm³/mol. The Balaban J connectivity index is 1.41. The molecule has 0 unspecified atom stereocenters. The zero-order valence-corrected chi connectivity index (χ0v) is 17.5. The zero-order chi connectivity index (χ0) is 20.9. The Hall–Kier alpha value is -3.16. The highest BCUT2D eigenvalue weighted by atomic mass is 16.5. The van der Waals surface area contributed by atoms with E-state index in [0.717, 1.165) is 54.1 Å². The fourth-order valence-corrected chi connectivity index (χ4v) is 3.72. The smallest absolute Gasteiger partial charge is 0.263 e. The van der Waals surface area contributed by atoms with Crippen molar-refractivity contribution in [1.82, 2.24) is 20.4 Å². The van der Waals surface area contributed by atoms with Gasteiger partial charge in [0.15, 0.2) is 0 Å². The molecule has 0 bridgehead atoms. The first-order valence-corrected chi connectivity index (χ1v) is 10.4. The van der Waals surface area contributed by atoms with E-state index in [1.807, 2.05) is 31.2 Å². The molecule has 0 saturated carbocycles. The van der Waals surface area contributed by atoms with Gasteiger partial charge in [0.25, 0.3) is 5.71 Å². The number of nitrogens with zero attached hydrogens (tertiary/aromatic N) is 4. The molecule has 158 valence electrons. The van der Waals surface area contributed by atoms with Crippen LogP contribution in [-0.4, -0.2) is 41.2 Å². The molecule has 0 atom stereocenters. The van der Waals surface area contributed by atoms with Crippen LogP contribution in [0.2, 0.25) is 0 Å². The molecule has 1 fully saturated rings. The summed E-state index contributed by atoms with van der Waals surface area (Å²) < 4.78 is 10.6. The monoisotopic (exact) mass is 409 g/mol. The summed E-state index contributed by atoms with van der Waals surface area (Å²) in [4.78, 5) is 23.9. The first kappa shape index (κ1) is 20.1. The maximum absolute atomic E-state index is 12.3. The minimum atomic E-state index is -0.0391. The lowest BCUT2D eigenvalue weighted by Gasteiger charge is -2.28. The van der Waals surface area contributed by atoms with Crippen molar-refractivity contribution in [2.75, 3.05) is 25.1 Å². The second kappa shape index (κ2) is 9.11. The van der Waals surface area contributed by atoms with Gasteiger partial charge in [-0.3, -0.25) is 4.79 Å². The van der Waals surface area contributed by atoms with E-state index in [9.17, 15) is 4.79 Å². The molecule has 3 aromatic rings. The number of anilines is 1. The van der Waals surface area contributed by atoms with Crippen molar-refractivity contribution in [1.29, 1.82) is 0 Å². The summed E-state index contributed by atoms with van der Waals surface area (Å²) in [6.45, 7) is 4.33. The van der Waals surface area contributed by atoms with Crippen LogP contribution in [0.15, 0.2) is 28.8 Å². The number of carbonyl (C=O) groups excluding carboxylic acids is 1. The highest BCUT2D eigenvalue weighted by Crippen LogP contribution is 2.29. The number of hydrogen-bond acceptors (Lipinski definition) is 7. The largest absolute Gasteiger partial charge is 0.497 e. The van der Waals surface area contributed by atoms with Crippen molar-refractivity contribution >= 4 is 22.8 Å². The molecule has 1 amide bonds. The van der Waals surface area contributed by atoms with Crippen molar-refractivity contribution < 1.29 is 14.1 Å². The molecule has 2 aromatic heterocycles. The number of rotatable bonds is 7. The van der Waals surface area contributed by atoms with Gasteiger partial charge in [-0.2, -0.15) is 4.98 Å². The third kappa shape index (κ3) is 4.53. The third-order valence-electron chi connectivity index (χ3n) is 5.41. The average molecular weight is 409 g/mol. The summed E-state index contributed by atoms with van der Waals surface area (Å²) >= 11 is 0. The van der Waals surface area contributed by atoms with Crippen LogP contribution < -0.4 is 15.0 Å². The van der Waals surface area contributed by atoms with E-state index in [1.54, 1.807) is 7.11 Å². The summed E-state index contributed by atoms with van der Waals surface area (Å²) in [5.74, 6) is 2.25. The first-order chi connectivity index (χ1) is 14.6. The maximum atomic E-state index is 12.3. The molecule has 3 heterocycles. The lowest BCUT2D eigenvalue weighted by molar-refractivity contribution is -0.121. The Labute approximate surface area is 175 Å². The van der Waals surface area contributed by atoms with E-state index < -0.39 is 0 Å². The molecule has 1 aliphatic rings. The number of piperidine rings is 1. The van der Waals surface area contributed by atoms with Gasteiger partial charge in [0, 0.05) is 32.5 Å². The number of nitrogens with one attached hydrogen (secondary N) is 1. The molecule has 8 nitrogen and oxygen atoms in total. The predicted octanol–water partition coefficient (Wildman–Crippen LogP) is 3.17. The molecule has 0 radical (unpaired) electrons. The summed E-state index contributed by atoms with van der Waals surface area (Å²) in [5.41, 5.74) is 2.32. The van der Waals surface area contributed by atoms with E-state index in [-0.39, 0.29) is 5.91 Å². The molecule has 0 aliphatic carbocycles. The number of carbonyl (C=O) groups is 1. The van der Waals surface area contributed by atoms with Gasteiger partial charge in [-0.05, 0) is 43.9 Å². The zero-order valence-electron chi connectivity index (χ0n) is 17.5. The van der Waals surface area contributed by atoms with E-state index in [4.69, 9.17) is 14.2 Å². The van der Waals surface area contributed by atoms with Crippen LogP contribution in [-0.2, 0) is 17.8 Å². The fraction of sp³-hybridized carbons (Fsp3) is 0.455. The molecule has 30 heavy (non-hydrogen) atoms. The minimum absolute atomic E-state index is 0.0391. The SMILES string of the molecule is COc1ccc(CNC(=O)CCc2nc(N3CCCCC3)c3c(C)noc3n2)cc1. The van der Waals surface area contributed by atoms with E-state index >= 15 is 0 Å². The van der Waals surface area contributed by atoms with Gasteiger partial charge in [-0.15, -0.1) is 0 Å². The van der Waals surface area contributed by atoms with Gasteiger partial charge >= 0.3 is 0 Å². The van der Waals surface area contributed by atoms with E-state index in [2.05, 4.69) is 20.4 Å². The van der Waals surface area contributed by atoms with Crippen LogP contribution in [0.5, 0.6) is 5.75 Å². The summed E-state index contributed by atoms with van der Waals surface area (Å²) in [6.07, 6.45) is 4.31. The Morgan fingerprint density at radius 2 is 1.93 bits per heavy atom. The number of amides is 1. The van der Waals surface area contributed by atoms with Crippen molar-refractivity contribution in [3.63, 3.8) is 0 Å². The van der Waals surface area contributed by atoms with Crippen LogP contribution in [0.25, 0.3) is 11.1 Å². The number of benzene rings is 1. The molecular weight excluding hydrogens is 382 g/mol. The first-order valence-electron chi connectivity index (χ1n) is 10.4. The number of aromatic nitrogens is 3. The van der Waals surface area contributed by atoms with Crippen LogP contribution in [0.1, 0.15) is 42.8 Å². The number of aryl methyl sites for hydroxylation is 2. The van der Waals surface area contributed by atoms with Crippen LogP contribution >= 0.6 is 0 Å².